The highest BCUT2D eigenvalue weighted by Crippen LogP contribution is 2.41. The van der Waals surface area contributed by atoms with Crippen molar-refractivity contribution in [3.05, 3.63) is 95.1 Å². The molecule has 0 saturated carbocycles. The summed E-state index contributed by atoms with van der Waals surface area (Å²) in [6.07, 6.45) is 0. The Morgan fingerprint density at radius 1 is 0.973 bits per heavy atom. The van der Waals surface area contributed by atoms with E-state index in [-0.39, 0.29) is 5.91 Å². The fourth-order valence-corrected chi connectivity index (χ4v) is 5.52. The summed E-state index contributed by atoms with van der Waals surface area (Å²) in [5.74, 6) is -0.461. The summed E-state index contributed by atoms with van der Waals surface area (Å²) in [5.41, 5.74) is 14.5. The smallest absolute Gasteiger partial charge is 0.258 e. The van der Waals surface area contributed by atoms with Crippen molar-refractivity contribution in [3.8, 4) is 11.1 Å². The van der Waals surface area contributed by atoms with E-state index in [0.29, 0.717) is 18.2 Å². The molecule has 2 heterocycles. The second-order valence-electron chi connectivity index (χ2n) is 9.96. The Morgan fingerprint density at radius 2 is 1.76 bits per heavy atom. The van der Waals surface area contributed by atoms with Crippen LogP contribution in [0.25, 0.3) is 32.9 Å². The van der Waals surface area contributed by atoms with E-state index < -0.39 is 5.91 Å². The van der Waals surface area contributed by atoms with Crippen LogP contribution in [0.15, 0.2) is 72.8 Å². The molecule has 6 nitrogen and oxygen atoms in total. The molecule has 4 aromatic carbocycles. The molecule has 1 aliphatic rings. The third-order valence-electron chi connectivity index (χ3n) is 7.18. The second kappa shape index (κ2) is 8.52. The number of hydrogen-bond donors (Lipinski definition) is 3. The summed E-state index contributed by atoms with van der Waals surface area (Å²) >= 11 is 0. The molecule has 0 spiro atoms. The molecular formula is C31H28N4O2. The van der Waals surface area contributed by atoms with E-state index in [1.807, 2.05) is 54.3 Å². The van der Waals surface area contributed by atoms with Gasteiger partial charge in [0, 0.05) is 39.3 Å². The molecule has 2 amide bonds. The topological polar surface area (TPSA) is 91.2 Å². The molecule has 0 atom stereocenters. The maximum absolute atomic E-state index is 13.2. The van der Waals surface area contributed by atoms with Gasteiger partial charge in [0.1, 0.15) is 0 Å². The first kappa shape index (κ1) is 22.9. The lowest BCUT2D eigenvalue weighted by molar-refractivity contribution is 0.0990. The number of aromatic amines is 1. The van der Waals surface area contributed by atoms with Crippen molar-refractivity contribution in [2.24, 2.45) is 5.73 Å². The Bertz CT molecular complexity index is 1730. The Labute approximate surface area is 215 Å². The summed E-state index contributed by atoms with van der Waals surface area (Å²) in [7, 11) is 0. The van der Waals surface area contributed by atoms with Crippen molar-refractivity contribution in [1.82, 2.24) is 4.98 Å². The third kappa shape index (κ3) is 3.64. The lowest BCUT2D eigenvalue weighted by atomic mass is 9.93. The predicted octanol–water partition coefficient (Wildman–Crippen LogP) is 6.38. The van der Waals surface area contributed by atoms with Crippen LogP contribution in [0.3, 0.4) is 0 Å². The number of aromatic nitrogens is 1. The maximum atomic E-state index is 13.2. The minimum absolute atomic E-state index is 0.0161. The summed E-state index contributed by atoms with van der Waals surface area (Å²) in [6, 6.07) is 24.0. The zero-order valence-corrected chi connectivity index (χ0v) is 21.1. The molecule has 6 heteroatoms. The number of hydrogen-bond acceptors (Lipinski definition) is 3. The number of H-pyrrole nitrogens is 1. The highest BCUT2D eigenvalue weighted by molar-refractivity contribution is 6.20. The first-order chi connectivity index (χ1) is 17.8. The predicted molar refractivity (Wildman–Crippen MR) is 150 cm³/mol. The Morgan fingerprint density at radius 3 is 2.51 bits per heavy atom. The Kier molecular flexibility index (Phi) is 5.26. The quantitative estimate of drug-likeness (QED) is 0.268. The number of nitrogens with one attached hydrogen (secondary N) is 2. The Balaban J connectivity index is 1.54. The van der Waals surface area contributed by atoms with Crippen molar-refractivity contribution >= 4 is 45.0 Å². The molecule has 0 bridgehead atoms. The lowest BCUT2D eigenvalue weighted by Crippen LogP contribution is -2.24. The molecule has 37 heavy (non-hydrogen) atoms. The van der Waals surface area contributed by atoms with Gasteiger partial charge >= 0.3 is 0 Å². The van der Waals surface area contributed by atoms with Gasteiger partial charge in [-0.3, -0.25) is 9.59 Å². The number of anilines is 2. The lowest BCUT2D eigenvalue weighted by Gasteiger charge is -2.21. The summed E-state index contributed by atoms with van der Waals surface area (Å²) in [4.78, 5) is 30.9. The normalized spacial score (nSPS) is 13.1. The average Bonchev–Trinajstić information content (AvgIpc) is 3.41. The van der Waals surface area contributed by atoms with Crippen LogP contribution in [0, 0.1) is 6.92 Å². The number of nitrogens with zero attached hydrogens (tertiary/aromatic N) is 1. The van der Waals surface area contributed by atoms with E-state index in [1.165, 1.54) is 0 Å². The fraction of sp³-hybridized carbons (Fsp3) is 0.161. The van der Waals surface area contributed by atoms with Crippen molar-refractivity contribution in [1.29, 1.82) is 0 Å². The highest BCUT2D eigenvalue weighted by atomic mass is 16.2. The van der Waals surface area contributed by atoms with Crippen LogP contribution in [0.5, 0.6) is 0 Å². The van der Waals surface area contributed by atoms with Gasteiger partial charge in [0.15, 0.2) is 0 Å². The number of rotatable bonds is 5. The van der Waals surface area contributed by atoms with Crippen LogP contribution in [-0.4, -0.2) is 22.8 Å². The van der Waals surface area contributed by atoms with E-state index in [9.17, 15) is 9.59 Å². The molecule has 184 valence electrons. The molecule has 0 unspecified atom stereocenters. The van der Waals surface area contributed by atoms with Gasteiger partial charge in [-0.15, -0.1) is 0 Å². The van der Waals surface area contributed by atoms with Crippen LogP contribution in [0.4, 0.5) is 11.4 Å². The first-order valence-electron chi connectivity index (χ1n) is 12.5. The van der Waals surface area contributed by atoms with Crippen molar-refractivity contribution < 1.29 is 9.59 Å². The van der Waals surface area contributed by atoms with Crippen LogP contribution >= 0.6 is 0 Å². The number of benzene rings is 4. The largest absolute Gasteiger partial charge is 0.383 e. The summed E-state index contributed by atoms with van der Waals surface area (Å²) < 4.78 is 0. The monoisotopic (exact) mass is 488 g/mol. The minimum atomic E-state index is -0.477. The number of nitrogens with two attached hydrogens (primary N) is 1. The third-order valence-corrected chi connectivity index (χ3v) is 7.18. The van der Waals surface area contributed by atoms with E-state index >= 15 is 0 Å². The highest BCUT2D eigenvalue weighted by Gasteiger charge is 2.29. The van der Waals surface area contributed by atoms with Crippen molar-refractivity contribution in [2.45, 2.75) is 33.4 Å². The maximum Gasteiger partial charge on any atom is 0.258 e. The van der Waals surface area contributed by atoms with Crippen LogP contribution < -0.4 is 16.0 Å². The van der Waals surface area contributed by atoms with E-state index in [1.54, 1.807) is 6.07 Å². The number of fused-ring (bicyclic) bond motifs is 4. The van der Waals surface area contributed by atoms with Gasteiger partial charge < -0.3 is 20.9 Å². The van der Waals surface area contributed by atoms with E-state index in [0.717, 1.165) is 61.0 Å². The molecule has 4 N–H and O–H groups in total. The standard InChI is InChI=1S/C31H28N4O2/c1-17(2)33-20-11-12-24-26(15-20)34-29-25(30(32)36)14-13-23(28(24)29)21-9-6-10-27(18(21)3)35-16-19-7-4-5-8-22(19)31(35)37/h4-15,17,33-34H,16H2,1-3H3,(H2,32,36). The molecule has 0 aliphatic carbocycles. The molecule has 0 saturated heterocycles. The average molecular weight is 489 g/mol. The molecule has 6 rings (SSSR count). The summed E-state index contributed by atoms with van der Waals surface area (Å²) in [6.45, 7) is 6.79. The molecule has 1 aliphatic heterocycles. The molecule has 0 fully saturated rings. The van der Waals surface area contributed by atoms with Gasteiger partial charge in [0.25, 0.3) is 11.8 Å². The summed E-state index contributed by atoms with van der Waals surface area (Å²) in [5, 5.41) is 5.39. The molecule has 1 aromatic heterocycles. The fourth-order valence-electron chi connectivity index (χ4n) is 5.52. The van der Waals surface area contributed by atoms with Crippen LogP contribution in [-0.2, 0) is 6.54 Å². The minimum Gasteiger partial charge on any atom is -0.383 e. The molecule has 5 aromatic rings. The van der Waals surface area contributed by atoms with Gasteiger partial charge in [-0.05, 0) is 73.4 Å². The number of carbonyl (C=O) groups is 2. The van der Waals surface area contributed by atoms with Crippen molar-refractivity contribution in [2.75, 3.05) is 10.2 Å². The van der Waals surface area contributed by atoms with E-state index in [2.05, 4.69) is 48.4 Å². The Hall–Kier alpha value is -4.58. The molecule has 0 radical (unpaired) electrons. The number of carbonyl (C=O) groups excluding carboxylic acids is 2. The zero-order valence-electron chi connectivity index (χ0n) is 21.1. The van der Waals surface area contributed by atoms with Gasteiger partial charge in [-0.2, -0.15) is 0 Å². The van der Waals surface area contributed by atoms with Gasteiger partial charge in [-0.25, -0.2) is 0 Å². The number of primary amides is 1. The van der Waals surface area contributed by atoms with Crippen LogP contribution in [0.2, 0.25) is 0 Å². The van der Waals surface area contributed by atoms with Gasteiger partial charge in [0.2, 0.25) is 0 Å². The molecular weight excluding hydrogens is 460 g/mol. The zero-order chi connectivity index (χ0) is 25.8. The van der Waals surface area contributed by atoms with Gasteiger partial charge in [0.05, 0.1) is 17.6 Å². The SMILES string of the molecule is Cc1c(-c2ccc(C(N)=O)c3[nH]c4cc(NC(C)C)ccc4c23)cccc1N1Cc2ccccc2C1=O. The van der Waals surface area contributed by atoms with Crippen molar-refractivity contribution in [3.63, 3.8) is 0 Å². The van der Waals surface area contributed by atoms with E-state index in [4.69, 9.17) is 5.73 Å². The second-order valence-corrected chi connectivity index (χ2v) is 9.96. The van der Waals surface area contributed by atoms with Gasteiger partial charge in [-0.1, -0.05) is 42.5 Å². The number of amides is 2. The van der Waals surface area contributed by atoms with Crippen LogP contribution in [0.1, 0.15) is 45.7 Å². The first-order valence-corrected chi connectivity index (χ1v) is 12.5.